The summed E-state index contributed by atoms with van der Waals surface area (Å²) in [6.07, 6.45) is 3.84. The zero-order valence-corrected chi connectivity index (χ0v) is 15.9. The largest absolute Gasteiger partial charge is 0.507 e. The van der Waals surface area contributed by atoms with Crippen molar-refractivity contribution in [2.45, 2.75) is 13.0 Å². The molecule has 1 aliphatic heterocycles. The van der Waals surface area contributed by atoms with Crippen LogP contribution in [-0.4, -0.2) is 33.2 Å². The minimum atomic E-state index is -0.509. The molecule has 0 aliphatic carbocycles. The number of carbonyl (C=O) groups excluding carboxylic acids is 2. The molecule has 2 aromatic carbocycles. The molecule has 3 N–H and O–H groups in total. The fraction of sp³-hybridized carbons (Fsp3) is 0.130. The Kier molecular flexibility index (Phi) is 4.18. The van der Waals surface area contributed by atoms with E-state index in [-0.39, 0.29) is 23.5 Å². The first-order chi connectivity index (χ1) is 14.6. The molecular weight excluding hydrogens is 384 g/mol. The lowest BCUT2D eigenvalue weighted by molar-refractivity contribution is -0.122. The number of furan rings is 1. The van der Waals surface area contributed by atoms with Crippen LogP contribution in [0.4, 0.5) is 0 Å². The maximum Gasteiger partial charge on any atom is 0.259 e. The average Bonchev–Trinajstić information content (AvgIpc) is 3.43. The Balaban J connectivity index is 1.81. The summed E-state index contributed by atoms with van der Waals surface area (Å²) in [5, 5.41) is 23.0. The molecule has 5 rings (SSSR count). The number of amides is 2. The van der Waals surface area contributed by atoms with Gasteiger partial charge in [0.1, 0.15) is 11.3 Å². The van der Waals surface area contributed by atoms with Crippen molar-refractivity contribution in [1.82, 2.24) is 9.88 Å². The molecule has 4 aromatic rings. The monoisotopic (exact) mass is 402 g/mol. The first-order valence-electron chi connectivity index (χ1n) is 9.58. The van der Waals surface area contributed by atoms with E-state index in [0.29, 0.717) is 35.1 Å². The highest BCUT2D eigenvalue weighted by atomic mass is 16.3. The van der Waals surface area contributed by atoms with Crippen LogP contribution in [0.1, 0.15) is 17.5 Å². The predicted molar refractivity (Wildman–Crippen MR) is 111 cm³/mol. The summed E-state index contributed by atoms with van der Waals surface area (Å²) in [7, 11) is 0. The van der Waals surface area contributed by atoms with Gasteiger partial charge in [0.2, 0.25) is 0 Å². The predicted octanol–water partition coefficient (Wildman–Crippen LogP) is 3.04. The van der Waals surface area contributed by atoms with Gasteiger partial charge in [0, 0.05) is 41.4 Å². The molecule has 0 saturated carbocycles. The highest BCUT2D eigenvalue weighted by Gasteiger charge is 2.35. The fourth-order valence-corrected chi connectivity index (χ4v) is 4.09. The number of aryl methyl sites for hydroxylation is 1. The van der Waals surface area contributed by atoms with Crippen LogP contribution in [0.2, 0.25) is 0 Å². The molecule has 0 fully saturated rings. The van der Waals surface area contributed by atoms with Gasteiger partial charge in [0.15, 0.2) is 0 Å². The van der Waals surface area contributed by atoms with E-state index in [4.69, 9.17) is 4.42 Å². The van der Waals surface area contributed by atoms with Crippen LogP contribution in [0.25, 0.3) is 33.0 Å². The summed E-state index contributed by atoms with van der Waals surface area (Å²) in [4.78, 5) is 25.7. The molecular formula is C23H18N2O5. The molecule has 0 spiro atoms. The molecule has 2 aromatic heterocycles. The van der Waals surface area contributed by atoms with E-state index in [1.165, 1.54) is 12.3 Å². The van der Waals surface area contributed by atoms with Crippen molar-refractivity contribution in [3.05, 3.63) is 66.1 Å². The second-order valence-corrected chi connectivity index (χ2v) is 7.16. The number of hydrogen-bond acceptors (Lipinski definition) is 5. The molecule has 0 atom stereocenters. The van der Waals surface area contributed by atoms with E-state index in [1.807, 2.05) is 35.0 Å². The van der Waals surface area contributed by atoms with Gasteiger partial charge in [-0.1, -0.05) is 18.2 Å². The number of imide groups is 1. The van der Waals surface area contributed by atoms with E-state index in [9.17, 15) is 19.8 Å². The van der Waals surface area contributed by atoms with Gasteiger partial charge in [-0.25, -0.2) is 0 Å². The first kappa shape index (κ1) is 18.2. The van der Waals surface area contributed by atoms with Gasteiger partial charge in [-0.15, -0.1) is 0 Å². The lowest BCUT2D eigenvalue weighted by atomic mass is 9.95. The second-order valence-electron chi connectivity index (χ2n) is 7.16. The van der Waals surface area contributed by atoms with Crippen LogP contribution in [0.3, 0.4) is 0 Å². The number of phenols is 1. The Morgan fingerprint density at radius 2 is 1.70 bits per heavy atom. The highest BCUT2D eigenvalue weighted by molar-refractivity contribution is 6.50. The van der Waals surface area contributed by atoms with Crippen LogP contribution < -0.4 is 5.32 Å². The minimum Gasteiger partial charge on any atom is -0.507 e. The lowest BCUT2D eigenvalue weighted by Gasteiger charge is -2.06. The van der Waals surface area contributed by atoms with Gasteiger partial charge in [-0.05, 0) is 30.7 Å². The van der Waals surface area contributed by atoms with Crippen LogP contribution in [0.5, 0.6) is 5.75 Å². The fourth-order valence-electron chi connectivity index (χ4n) is 4.09. The molecule has 0 unspecified atom stereocenters. The average molecular weight is 402 g/mol. The van der Waals surface area contributed by atoms with Gasteiger partial charge < -0.3 is 19.2 Å². The summed E-state index contributed by atoms with van der Waals surface area (Å²) in [5.74, 6) is -0.951. The number of carbonyl (C=O) groups is 2. The van der Waals surface area contributed by atoms with Gasteiger partial charge in [0.25, 0.3) is 11.8 Å². The molecule has 2 amide bonds. The smallest absolute Gasteiger partial charge is 0.259 e. The van der Waals surface area contributed by atoms with Crippen molar-refractivity contribution < 1.29 is 24.2 Å². The third kappa shape index (κ3) is 2.63. The topological polar surface area (TPSA) is 105 Å². The van der Waals surface area contributed by atoms with Gasteiger partial charge in [-0.3, -0.25) is 14.9 Å². The summed E-state index contributed by atoms with van der Waals surface area (Å²) in [6, 6.07) is 12.3. The van der Waals surface area contributed by atoms with Gasteiger partial charge >= 0.3 is 0 Å². The van der Waals surface area contributed by atoms with Gasteiger partial charge in [-0.2, -0.15) is 0 Å². The summed E-state index contributed by atoms with van der Waals surface area (Å²) >= 11 is 0. The van der Waals surface area contributed by atoms with Crippen LogP contribution >= 0.6 is 0 Å². The van der Waals surface area contributed by atoms with Crippen LogP contribution in [-0.2, 0) is 16.1 Å². The molecule has 150 valence electrons. The van der Waals surface area contributed by atoms with E-state index in [0.717, 1.165) is 10.9 Å². The number of benzene rings is 2. The minimum absolute atomic E-state index is 0.0370. The number of hydrogen-bond donors (Lipinski definition) is 3. The Morgan fingerprint density at radius 3 is 2.50 bits per heavy atom. The van der Waals surface area contributed by atoms with Crippen molar-refractivity contribution in [1.29, 1.82) is 0 Å². The lowest BCUT2D eigenvalue weighted by Crippen LogP contribution is -2.22. The standard InChI is InChI=1S/C23H18N2O5/c26-10-3-9-25-12-16(13-4-1-2-5-17(13)25)20-19(22(28)24-23(20)29)15-6-7-18(27)14-8-11-30-21(14)15/h1-2,4-8,11-12,26-27H,3,9-10H2,(H,24,28,29). The Morgan fingerprint density at radius 1 is 0.933 bits per heavy atom. The number of rotatable bonds is 5. The number of aliphatic hydroxyl groups is 1. The van der Waals surface area contributed by atoms with E-state index < -0.39 is 11.8 Å². The molecule has 0 saturated heterocycles. The molecule has 0 bridgehead atoms. The second kappa shape index (κ2) is 6.89. The summed E-state index contributed by atoms with van der Waals surface area (Å²) < 4.78 is 7.51. The first-order valence-corrected chi connectivity index (χ1v) is 9.58. The van der Waals surface area contributed by atoms with E-state index >= 15 is 0 Å². The number of phenolic OH excluding ortho intramolecular Hbond substituents is 1. The van der Waals surface area contributed by atoms with Crippen molar-refractivity contribution >= 4 is 44.8 Å². The number of aromatic nitrogens is 1. The van der Waals surface area contributed by atoms with Crippen LogP contribution in [0, 0.1) is 0 Å². The highest BCUT2D eigenvalue weighted by Crippen LogP contribution is 2.40. The molecule has 3 heterocycles. The SMILES string of the molecule is O=C1NC(=O)C(c2ccc(O)c3ccoc23)=C1c1cn(CCCO)c2ccccc12. The molecule has 7 heteroatoms. The number of nitrogens with zero attached hydrogens (tertiary/aromatic N) is 1. The van der Waals surface area contributed by atoms with Crippen molar-refractivity contribution in [3.8, 4) is 5.75 Å². The number of fused-ring (bicyclic) bond motifs is 2. The summed E-state index contributed by atoms with van der Waals surface area (Å²) in [6.45, 7) is 0.634. The molecule has 7 nitrogen and oxygen atoms in total. The van der Waals surface area contributed by atoms with Gasteiger partial charge in [0.05, 0.1) is 22.8 Å². The zero-order valence-electron chi connectivity index (χ0n) is 15.9. The Hall–Kier alpha value is -3.84. The summed E-state index contributed by atoms with van der Waals surface area (Å²) in [5.41, 5.74) is 2.81. The van der Waals surface area contributed by atoms with E-state index in [2.05, 4.69) is 5.32 Å². The molecule has 0 radical (unpaired) electrons. The molecule has 30 heavy (non-hydrogen) atoms. The van der Waals surface area contributed by atoms with Crippen molar-refractivity contribution in [2.24, 2.45) is 0 Å². The van der Waals surface area contributed by atoms with E-state index in [1.54, 1.807) is 12.1 Å². The third-order valence-corrected chi connectivity index (χ3v) is 5.41. The van der Waals surface area contributed by atoms with Crippen molar-refractivity contribution in [2.75, 3.05) is 6.61 Å². The maximum atomic E-state index is 12.9. The van der Waals surface area contributed by atoms with Crippen LogP contribution in [0.15, 0.2) is 59.3 Å². The Bertz CT molecular complexity index is 1360. The van der Waals surface area contributed by atoms with Crippen molar-refractivity contribution in [3.63, 3.8) is 0 Å². The normalized spacial score (nSPS) is 14.3. The number of aliphatic hydroxyl groups excluding tert-OH is 1. The zero-order chi connectivity index (χ0) is 20.8. The quantitative estimate of drug-likeness (QED) is 0.445. The third-order valence-electron chi connectivity index (χ3n) is 5.41. The number of para-hydroxylation sites is 1. The number of nitrogens with one attached hydrogen (secondary N) is 1. The Labute approximate surface area is 170 Å². The number of aromatic hydroxyl groups is 1. The maximum absolute atomic E-state index is 12.9. The molecule has 1 aliphatic rings.